The molecule has 0 radical (unpaired) electrons. The van der Waals surface area contributed by atoms with Crippen molar-refractivity contribution in [3.05, 3.63) is 45.9 Å². The highest BCUT2D eigenvalue weighted by Gasteiger charge is 2.05. The molecule has 2 aromatic rings. The molecule has 0 unspecified atom stereocenters. The number of aromatic nitrogens is 1. The molecule has 0 amide bonds. The van der Waals surface area contributed by atoms with Crippen molar-refractivity contribution < 1.29 is 4.74 Å². The summed E-state index contributed by atoms with van der Waals surface area (Å²) in [4.78, 5) is 5.75. The van der Waals surface area contributed by atoms with Gasteiger partial charge in [-0.15, -0.1) is 11.3 Å². The van der Waals surface area contributed by atoms with Gasteiger partial charge in [0, 0.05) is 30.1 Å². The zero-order chi connectivity index (χ0) is 15.1. The summed E-state index contributed by atoms with van der Waals surface area (Å²) in [5, 5.41) is 4.55. The molecule has 0 aliphatic rings. The van der Waals surface area contributed by atoms with Gasteiger partial charge in [-0.3, -0.25) is 0 Å². The monoisotopic (exact) mass is 304 g/mol. The van der Waals surface area contributed by atoms with Gasteiger partial charge in [-0.05, 0) is 18.1 Å². The Bertz CT molecular complexity index is 551. The summed E-state index contributed by atoms with van der Waals surface area (Å²) < 4.78 is 5.89. The number of nitrogens with one attached hydrogen (secondary N) is 1. The quantitative estimate of drug-likeness (QED) is 0.805. The predicted octanol–water partition coefficient (Wildman–Crippen LogP) is 3.83. The Kier molecular flexibility index (Phi) is 6.21. The highest BCUT2D eigenvalue weighted by atomic mass is 32.1. The van der Waals surface area contributed by atoms with Crippen LogP contribution in [-0.4, -0.2) is 17.6 Å². The fraction of sp³-hybridized carbons (Fsp3) is 0.471. The maximum absolute atomic E-state index is 5.89. The second-order valence-electron chi connectivity index (χ2n) is 5.32. The van der Waals surface area contributed by atoms with Crippen LogP contribution in [0.1, 0.15) is 36.2 Å². The molecule has 0 bridgehead atoms. The molecule has 0 spiro atoms. The number of nitrogens with zero attached hydrogens (tertiary/aromatic N) is 1. The first-order chi connectivity index (χ1) is 10.2. The number of para-hydroxylation sites is 1. The molecule has 114 valence electrons. The first-order valence-electron chi connectivity index (χ1n) is 7.56. The fourth-order valence-corrected chi connectivity index (χ4v) is 2.89. The summed E-state index contributed by atoms with van der Waals surface area (Å²) in [6, 6.07) is 8.74. The van der Waals surface area contributed by atoms with Crippen molar-refractivity contribution in [1.82, 2.24) is 10.3 Å². The van der Waals surface area contributed by atoms with Gasteiger partial charge in [0.05, 0.1) is 11.6 Å². The van der Waals surface area contributed by atoms with Crippen molar-refractivity contribution in [1.29, 1.82) is 0 Å². The van der Waals surface area contributed by atoms with Crippen LogP contribution in [0.3, 0.4) is 0 Å². The van der Waals surface area contributed by atoms with Crippen LogP contribution >= 0.6 is 11.3 Å². The van der Waals surface area contributed by atoms with Gasteiger partial charge in [0.25, 0.3) is 0 Å². The van der Waals surface area contributed by atoms with Crippen LogP contribution in [0.25, 0.3) is 0 Å². The van der Waals surface area contributed by atoms with Crippen molar-refractivity contribution in [3.8, 4) is 5.75 Å². The second-order valence-corrected chi connectivity index (χ2v) is 6.52. The van der Waals surface area contributed by atoms with Gasteiger partial charge in [-0.2, -0.15) is 0 Å². The maximum atomic E-state index is 5.89. The fourth-order valence-electron chi connectivity index (χ4n) is 2.04. The first kappa shape index (κ1) is 16.0. The Balaban J connectivity index is 1.81. The molecule has 1 aromatic carbocycles. The van der Waals surface area contributed by atoms with Gasteiger partial charge in [0.2, 0.25) is 0 Å². The molecule has 1 aromatic heterocycles. The molecule has 21 heavy (non-hydrogen) atoms. The summed E-state index contributed by atoms with van der Waals surface area (Å²) in [5.41, 5.74) is 1.26. The van der Waals surface area contributed by atoms with Gasteiger partial charge in [0.15, 0.2) is 0 Å². The molecular weight excluding hydrogens is 280 g/mol. The molecule has 3 nitrogen and oxygen atoms in total. The third kappa shape index (κ3) is 5.14. The number of hydrogen-bond donors (Lipinski definition) is 1. The highest BCUT2D eigenvalue weighted by Crippen LogP contribution is 2.19. The smallest absolute Gasteiger partial charge is 0.122 e. The van der Waals surface area contributed by atoms with E-state index in [1.54, 1.807) is 11.3 Å². The predicted molar refractivity (Wildman–Crippen MR) is 89.1 cm³/mol. The Labute approximate surface area is 131 Å². The van der Waals surface area contributed by atoms with E-state index >= 15 is 0 Å². The number of rotatable bonds is 8. The SMILES string of the molecule is CCc1ccccc1OCCc1ncc(CNC(C)C)s1. The summed E-state index contributed by atoms with van der Waals surface area (Å²) in [5.74, 6) is 0.998. The zero-order valence-corrected chi connectivity index (χ0v) is 13.9. The first-order valence-corrected chi connectivity index (χ1v) is 8.38. The third-order valence-electron chi connectivity index (χ3n) is 3.21. The molecule has 4 heteroatoms. The molecule has 0 aliphatic carbocycles. The lowest BCUT2D eigenvalue weighted by atomic mass is 10.1. The number of hydrogen-bond acceptors (Lipinski definition) is 4. The number of benzene rings is 1. The molecule has 0 saturated heterocycles. The Morgan fingerprint density at radius 3 is 2.86 bits per heavy atom. The minimum Gasteiger partial charge on any atom is -0.493 e. The van der Waals surface area contributed by atoms with E-state index < -0.39 is 0 Å². The summed E-state index contributed by atoms with van der Waals surface area (Å²) in [6.07, 6.45) is 3.83. The van der Waals surface area contributed by atoms with Crippen molar-refractivity contribution in [2.45, 2.75) is 46.2 Å². The van der Waals surface area contributed by atoms with Crippen LogP contribution in [0.4, 0.5) is 0 Å². The summed E-state index contributed by atoms with van der Waals surface area (Å²) in [7, 11) is 0. The Morgan fingerprint density at radius 2 is 2.10 bits per heavy atom. The summed E-state index contributed by atoms with van der Waals surface area (Å²) in [6.45, 7) is 8.04. The maximum Gasteiger partial charge on any atom is 0.122 e. The minimum absolute atomic E-state index is 0.504. The van der Waals surface area contributed by atoms with E-state index in [0.29, 0.717) is 12.6 Å². The van der Waals surface area contributed by atoms with E-state index in [-0.39, 0.29) is 0 Å². The third-order valence-corrected chi connectivity index (χ3v) is 4.27. The van der Waals surface area contributed by atoms with Gasteiger partial charge >= 0.3 is 0 Å². The van der Waals surface area contributed by atoms with Crippen molar-refractivity contribution in [2.75, 3.05) is 6.61 Å². The molecule has 0 fully saturated rings. The van der Waals surface area contributed by atoms with E-state index in [0.717, 1.165) is 30.1 Å². The molecule has 0 saturated carbocycles. The van der Waals surface area contributed by atoms with Crippen molar-refractivity contribution in [3.63, 3.8) is 0 Å². The lowest BCUT2D eigenvalue weighted by Crippen LogP contribution is -2.21. The van der Waals surface area contributed by atoms with E-state index in [1.165, 1.54) is 10.4 Å². The standard InChI is InChI=1S/C17H24N2OS/c1-4-14-7-5-6-8-16(14)20-10-9-17-19-12-15(21-17)11-18-13(2)3/h5-8,12-13,18H,4,9-11H2,1-3H3. The Hall–Kier alpha value is -1.39. The van der Waals surface area contributed by atoms with Crippen LogP contribution in [0.2, 0.25) is 0 Å². The van der Waals surface area contributed by atoms with Crippen molar-refractivity contribution >= 4 is 11.3 Å². The Morgan fingerprint density at radius 1 is 1.29 bits per heavy atom. The highest BCUT2D eigenvalue weighted by molar-refractivity contribution is 7.11. The van der Waals surface area contributed by atoms with Gasteiger partial charge in [0.1, 0.15) is 5.75 Å². The van der Waals surface area contributed by atoms with Crippen LogP contribution in [0.15, 0.2) is 30.5 Å². The largest absolute Gasteiger partial charge is 0.493 e. The van der Waals surface area contributed by atoms with E-state index in [4.69, 9.17) is 4.74 Å². The average molecular weight is 304 g/mol. The lowest BCUT2D eigenvalue weighted by Gasteiger charge is -2.09. The van der Waals surface area contributed by atoms with E-state index in [1.807, 2.05) is 18.3 Å². The van der Waals surface area contributed by atoms with Crippen LogP contribution in [-0.2, 0) is 19.4 Å². The lowest BCUT2D eigenvalue weighted by molar-refractivity contribution is 0.318. The number of thiazole rings is 1. The molecule has 0 aliphatic heterocycles. The van der Waals surface area contributed by atoms with Crippen LogP contribution < -0.4 is 10.1 Å². The zero-order valence-electron chi connectivity index (χ0n) is 13.1. The average Bonchev–Trinajstić information content (AvgIpc) is 2.93. The van der Waals surface area contributed by atoms with Gasteiger partial charge in [-0.25, -0.2) is 4.98 Å². The van der Waals surface area contributed by atoms with Gasteiger partial charge in [-0.1, -0.05) is 39.0 Å². The molecule has 1 heterocycles. The molecule has 2 rings (SSSR count). The van der Waals surface area contributed by atoms with Gasteiger partial charge < -0.3 is 10.1 Å². The summed E-state index contributed by atoms with van der Waals surface area (Å²) >= 11 is 1.77. The normalized spacial score (nSPS) is 11.0. The molecular formula is C17H24N2OS. The van der Waals surface area contributed by atoms with E-state index in [2.05, 4.69) is 43.2 Å². The van der Waals surface area contributed by atoms with Crippen LogP contribution in [0, 0.1) is 0 Å². The number of aryl methyl sites for hydroxylation is 1. The minimum atomic E-state index is 0.504. The second kappa shape index (κ2) is 8.15. The number of ether oxygens (including phenoxy) is 1. The molecule has 0 atom stereocenters. The van der Waals surface area contributed by atoms with Crippen molar-refractivity contribution in [2.24, 2.45) is 0 Å². The van der Waals surface area contributed by atoms with E-state index in [9.17, 15) is 0 Å². The topological polar surface area (TPSA) is 34.1 Å². The van der Waals surface area contributed by atoms with Crippen LogP contribution in [0.5, 0.6) is 5.75 Å². The molecule has 1 N–H and O–H groups in total.